The Morgan fingerprint density at radius 3 is 1.88 bits per heavy atom. The van der Waals surface area contributed by atoms with Gasteiger partial charge in [0, 0.05) is 0 Å². The zero-order chi connectivity index (χ0) is 4.99. The largest absolute Gasteiger partial charge is 1.00 e. The van der Waals surface area contributed by atoms with Gasteiger partial charge in [0.15, 0.2) is 0 Å². The predicted octanol–water partition coefficient (Wildman–Crippen LogP) is -7.51. The van der Waals surface area contributed by atoms with Gasteiger partial charge in [0.25, 0.3) is 0 Å². The molecule has 0 amide bonds. The molecule has 0 heterocycles. The zero-order valence-electron chi connectivity index (χ0n) is 5.81. The van der Waals surface area contributed by atoms with Gasteiger partial charge >= 0.3 is 80.9 Å². The van der Waals surface area contributed by atoms with E-state index in [-0.39, 0.29) is 94.0 Å². The first-order valence-corrected chi connectivity index (χ1v) is 2.01. The number of rotatable bonds is 2. The molecule has 1 unspecified atom stereocenters. The van der Waals surface area contributed by atoms with E-state index < -0.39 is 6.10 Å². The topological polar surface area (TPSA) is 46.1 Å². The van der Waals surface area contributed by atoms with E-state index in [1.54, 1.807) is 0 Å². The molecule has 0 saturated heterocycles. The molecule has 0 aromatic heterocycles. The molecule has 0 bridgehead atoms. The minimum atomic E-state index is -0.664. The molecule has 0 aliphatic heterocycles. The summed E-state index contributed by atoms with van der Waals surface area (Å²) >= 11 is 0. The molecule has 1 atom stereocenters. The normalized spacial score (nSPS) is 10.9. The van der Waals surface area contributed by atoms with Crippen LogP contribution in [0.3, 0.4) is 0 Å². The van der Waals surface area contributed by atoms with Gasteiger partial charge in [0.1, 0.15) is 0 Å². The van der Waals surface area contributed by atoms with Gasteiger partial charge in [0.05, 0.1) is 0 Å². The van der Waals surface area contributed by atoms with Crippen LogP contribution in [0.5, 0.6) is 0 Å². The SMILES string of the molecule is CC([O-])CC[O-].[K+].[Na+]. The van der Waals surface area contributed by atoms with Crippen LogP contribution in [0.15, 0.2) is 0 Å². The van der Waals surface area contributed by atoms with E-state index in [1.165, 1.54) is 6.92 Å². The van der Waals surface area contributed by atoms with Crippen molar-refractivity contribution in [2.24, 2.45) is 0 Å². The van der Waals surface area contributed by atoms with Crippen LogP contribution in [0.25, 0.3) is 0 Å². The van der Waals surface area contributed by atoms with E-state index in [2.05, 4.69) is 0 Å². The third-order valence-corrected chi connectivity index (χ3v) is 0.524. The van der Waals surface area contributed by atoms with E-state index >= 15 is 0 Å². The summed E-state index contributed by atoms with van der Waals surface area (Å²) in [6.45, 7) is 1.27. The molecule has 0 radical (unpaired) electrons. The van der Waals surface area contributed by atoms with Crippen LogP contribution in [0, 0.1) is 0 Å². The van der Waals surface area contributed by atoms with E-state index in [0.29, 0.717) is 0 Å². The first kappa shape index (κ1) is 16.9. The van der Waals surface area contributed by atoms with Gasteiger partial charge in [-0.2, -0.15) is 0 Å². The van der Waals surface area contributed by atoms with Crippen molar-refractivity contribution in [1.29, 1.82) is 0 Å². The smallest absolute Gasteiger partial charge is 0.854 e. The van der Waals surface area contributed by atoms with Crippen LogP contribution in [0.2, 0.25) is 0 Å². The van der Waals surface area contributed by atoms with E-state index in [1.807, 2.05) is 0 Å². The summed E-state index contributed by atoms with van der Waals surface area (Å²) in [4.78, 5) is 0. The second kappa shape index (κ2) is 12.3. The van der Waals surface area contributed by atoms with Crippen molar-refractivity contribution in [2.45, 2.75) is 19.4 Å². The maximum atomic E-state index is 9.93. The molecule has 0 aliphatic carbocycles. The molecule has 0 aromatic rings. The molecule has 0 rings (SSSR count). The van der Waals surface area contributed by atoms with Gasteiger partial charge in [-0.3, -0.25) is 0 Å². The standard InChI is InChI=1S/C4H8O2.K.Na/c1-4(6)2-3-5;;/h4H,2-3H2,1H3;;/q-2;2*+1. The Balaban J connectivity index is -0.000000125. The van der Waals surface area contributed by atoms with E-state index in [9.17, 15) is 10.2 Å². The maximum absolute atomic E-state index is 9.93. The second-order valence-corrected chi connectivity index (χ2v) is 1.30. The van der Waals surface area contributed by atoms with Crippen LogP contribution in [0.4, 0.5) is 0 Å². The molecular weight excluding hydrogens is 142 g/mol. The minimum absolute atomic E-state index is 0. The summed E-state index contributed by atoms with van der Waals surface area (Å²) in [6, 6.07) is 0. The quantitative estimate of drug-likeness (QED) is 0.367. The molecule has 38 valence electrons. The second-order valence-electron chi connectivity index (χ2n) is 1.30. The fraction of sp³-hybridized carbons (Fsp3) is 1.00. The van der Waals surface area contributed by atoms with Gasteiger partial charge < -0.3 is 10.2 Å². The van der Waals surface area contributed by atoms with Crippen molar-refractivity contribution in [2.75, 3.05) is 6.61 Å². The summed E-state index contributed by atoms with van der Waals surface area (Å²) in [5, 5.41) is 19.5. The van der Waals surface area contributed by atoms with E-state index in [0.717, 1.165) is 0 Å². The molecular formula is C4H8KNaO2. The third-order valence-electron chi connectivity index (χ3n) is 0.524. The molecule has 8 heavy (non-hydrogen) atoms. The molecule has 0 aromatic carbocycles. The summed E-state index contributed by atoms with van der Waals surface area (Å²) in [5.74, 6) is 0. The average Bonchev–Trinajstić information content (AvgIpc) is 1.35. The van der Waals surface area contributed by atoms with Crippen molar-refractivity contribution in [3.05, 3.63) is 0 Å². The number of hydrogen-bond donors (Lipinski definition) is 0. The fourth-order valence-electron chi connectivity index (χ4n) is 0.166. The van der Waals surface area contributed by atoms with Gasteiger partial charge in [-0.1, -0.05) is 13.3 Å². The van der Waals surface area contributed by atoms with E-state index in [4.69, 9.17) is 0 Å². The van der Waals surface area contributed by atoms with Crippen molar-refractivity contribution in [3.63, 3.8) is 0 Å². The Labute approximate surface area is 115 Å². The predicted molar refractivity (Wildman–Crippen MR) is 18.9 cm³/mol. The Bertz CT molecular complexity index is 35.2. The minimum Gasteiger partial charge on any atom is -0.854 e. The molecule has 0 spiro atoms. The van der Waals surface area contributed by atoms with Crippen molar-refractivity contribution in [1.82, 2.24) is 0 Å². The molecule has 0 fully saturated rings. The monoisotopic (exact) mass is 150 g/mol. The van der Waals surface area contributed by atoms with Gasteiger partial charge in [-0.05, 0) is 0 Å². The zero-order valence-corrected chi connectivity index (χ0v) is 10.9. The fourth-order valence-corrected chi connectivity index (χ4v) is 0.166. The summed E-state index contributed by atoms with van der Waals surface area (Å²) in [7, 11) is 0. The van der Waals surface area contributed by atoms with Crippen LogP contribution >= 0.6 is 0 Å². The van der Waals surface area contributed by atoms with Crippen LogP contribution in [-0.2, 0) is 0 Å². The average molecular weight is 150 g/mol. The van der Waals surface area contributed by atoms with Gasteiger partial charge in [-0.15, -0.1) is 12.7 Å². The Morgan fingerprint density at radius 1 is 1.50 bits per heavy atom. The maximum Gasteiger partial charge on any atom is 1.00 e. The van der Waals surface area contributed by atoms with Crippen LogP contribution in [0.1, 0.15) is 13.3 Å². The van der Waals surface area contributed by atoms with Crippen molar-refractivity contribution >= 4 is 0 Å². The Kier molecular flexibility index (Phi) is 25.9. The van der Waals surface area contributed by atoms with Crippen molar-refractivity contribution < 1.29 is 91.2 Å². The Hall–Kier alpha value is 2.56. The molecule has 4 heteroatoms. The van der Waals surface area contributed by atoms with Crippen LogP contribution < -0.4 is 91.2 Å². The number of hydrogen-bond acceptors (Lipinski definition) is 2. The summed E-state index contributed by atoms with van der Waals surface area (Å²) in [6.07, 6.45) is -0.400. The molecule has 0 N–H and O–H groups in total. The first-order valence-electron chi connectivity index (χ1n) is 2.01. The van der Waals surface area contributed by atoms with Gasteiger partial charge in [-0.25, -0.2) is 0 Å². The summed E-state index contributed by atoms with van der Waals surface area (Å²) in [5.41, 5.74) is 0. The van der Waals surface area contributed by atoms with Crippen LogP contribution in [-0.4, -0.2) is 12.7 Å². The van der Waals surface area contributed by atoms with Gasteiger partial charge in [0.2, 0.25) is 0 Å². The Morgan fingerprint density at radius 2 is 1.88 bits per heavy atom. The molecule has 2 nitrogen and oxygen atoms in total. The molecule has 0 aliphatic rings. The molecule has 0 saturated carbocycles. The van der Waals surface area contributed by atoms with Crippen molar-refractivity contribution in [3.8, 4) is 0 Å². The first-order chi connectivity index (χ1) is 2.77. The third kappa shape index (κ3) is 15.8. The summed E-state index contributed by atoms with van der Waals surface area (Å²) < 4.78 is 0.